The number of fused-ring (bicyclic) bond motifs is 1. The molecule has 2 amide bonds. The summed E-state index contributed by atoms with van der Waals surface area (Å²) in [5.74, 6) is -1.03. The molecular formula is C13H16N2O4. The van der Waals surface area contributed by atoms with E-state index in [9.17, 15) is 14.7 Å². The first-order valence-electron chi connectivity index (χ1n) is 6.02. The fourth-order valence-corrected chi connectivity index (χ4v) is 2.25. The Morgan fingerprint density at radius 1 is 1.42 bits per heavy atom. The van der Waals surface area contributed by atoms with Crippen molar-refractivity contribution in [2.45, 2.75) is 12.5 Å². The highest BCUT2D eigenvalue weighted by Crippen LogP contribution is 2.32. The molecule has 0 radical (unpaired) electrons. The number of anilines is 1. The van der Waals surface area contributed by atoms with Gasteiger partial charge in [0.15, 0.2) is 0 Å². The first-order valence-corrected chi connectivity index (χ1v) is 6.02. The summed E-state index contributed by atoms with van der Waals surface area (Å²) < 4.78 is 0. The molecule has 0 aromatic heterocycles. The van der Waals surface area contributed by atoms with Crippen LogP contribution in [0.1, 0.15) is 5.56 Å². The molecule has 6 nitrogen and oxygen atoms in total. The molecule has 1 heterocycles. The number of urea groups is 1. The van der Waals surface area contributed by atoms with Crippen molar-refractivity contribution in [2.24, 2.45) is 0 Å². The van der Waals surface area contributed by atoms with Crippen LogP contribution in [0.25, 0.3) is 0 Å². The Kier molecular flexibility index (Phi) is 3.71. The monoisotopic (exact) mass is 264 g/mol. The Morgan fingerprint density at radius 3 is 2.74 bits per heavy atom. The Morgan fingerprint density at radius 2 is 2.11 bits per heavy atom. The molecule has 102 valence electrons. The zero-order valence-electron chi connectivity index (χ0n) is 10.6. The van der Waals surface area contributed by atoms with Gasteiger partial charge in [0.05, 0.1) is 6.61 Å². The second-order valence-electron chi connectivity index (χ2n) is 4.48. The van der Waals surface area contributed by atoms with Crippen LogP contribution in [0.3, 0.4) is 0 Å². The minimum atomic E-state index is -1.03. The summed E-state index contributed by atoms with van der Waals surface area (Å²) in [5, 5.41) is 18.1. The molecule has 1 aliphatic rings. The standard InChI is InChI=1S/C13H16N2O4/c1-14(6-7-16)13(19)15-10-5-3-2-4-9(10)8-11(15)12(17)18/h2-5,11,16H,6-8H2,1H3,(H,17,18)/t11-/m0/s1. The summed E-state index contributed by atoms with van der Waals surface area (Å²) in [6.07, 6.45) is 0.310. The van der Waals surface area contributed by atoms with E-state index in [0.29, 0.717) is 12.1 Å². The lowest BCUT2D eigenvalue weighted by Crippen LogP contribution is -2.49. The Labute approximate surface area is 110 Å². The van der Waals surface area contributed by atoms with Gasteiger partial charge in [-0.2, -0.15) is 0 Å². The number of carboxylic acid groups (broad SMARTS) is 1. The number of carbonyl (C=O) groups excluding carboxylic acids is 1. The molecule has 1 aromatic rings. The van der Waals surface area contributed by atoms with E-state index in [1.54, 1.807) is 19.2 Å². The fraction of sp³-hybridized carbons (Fsp3) is 0.385. The summed E-state index contributed by atoms with van der Waals surface area (Å²) in [6.45, 7) is 0.0132. The molecule has 2 N–H and O–H groups in total. The molecule has 19 heavy (non-hydrogen) atoms. The van der Waals surface area contributed by atoms with Gasteiger partial charge < -0.3 is 15.1 Å². The average molecular weight is 264 g/mol. The summed E-state index contributed by atoms with van der Waals surface area (Å²) >= 11 is 0. The van der Waals surface area contributed by atoms with Crippen LogP contribution < -0.4 is 4.90 Å². The number of carboxylic acids is 1. The van der Waals surface area contributed by atoms with E-state index in [1.807, 2.05) is 12.1 Å². The summed E-state index contributed by atoms with van der Waals surface area (Å²) in [4.78, 5) is 26.2. The number of aliphatic hydroxyl groups excluding tert-OH is 1. The second kappa shape index (κ2) is 5.27. The highest BCUT2D eigenvalue weighted by Gasteiger charge is 2.39. The van der Waals surface area contributed by atoms with Crippen molar-refractivity contribution in [1.82, 2.24) is 4.90 Å². The first-order chi connectivity index (χ1) is 9.06. The molecule has 6 heteroatoms. The van der Waals surface area contributed by atoms with Gasteiger partial charge in [-0.1, -0.05) is 18.2 Å². The van der Waals surface area contributed by atoms with Crippen LogP contribution in [0, 0.1) is 0 Å². The molecule has 0 saturated carbocycles. The fourth-order valence-electron chi connectivity index (χ4n) is 2.25. The number of rotatable bonds is 3. The molecule has 0 aliphatic carbocycles. The quantitative estimate of drug-likeness (QED) is 0.835. The second-order valence-corrected chi connectivity index (χ2v) is 4.48. The zero-order valence-corrected chi connectivity index (χ0v) is 10.6. The van der Waals surface area contributed by atoms with Crippen molar-refractivity contribution >= 4 is 17.7 Å². The van der Waals surface area contributed by atoms with Crippen LogP contribution in [0.15, 0.2) is 24.3 Å². The van der Waals surface area contributed by atoms with Gasteiger partial charge in [-0.15, -0.1) is 0 Å². The molecule has 1 aromatic carbocycles. The predicted octanol–water partition coefficient (Wildman–Crippen LogP) is 0.546. The van der Waals surface area contributed by atoms with Crippen molar-refractivity contribution < 1.29 is 19.8 Å². The summed E-state index contributed by atoms with van der Waals surface area (Å²) in [7, 11) is 1.54. The van der Waals surface area contributed by atoms with Gasteiger partial charge in [0, 0.05) is 25.7 Å². The number of amides is 2. The van der Waals surface area contributed by atoms with E-state index >= 15 is 0 Å². The zero-order chi connectivity index (χ0) is 14.0. The van der Waals surface area contributed by atoms with Gasteiger partial charge in [-0.05, 0) is 11.6 Å². The Balaban J connectivity index is 2.34. The van der Waals surface area contributed by atoms with Crippen LogP contribution in [0.5, 0.6) is 0 Å². The average Bonchev–Trinajstić information content (AvgIpc) is 2.77. The van der Waals surface area contributed by atoms with E-state index in [2.05, 4.69) is 0 Å². The van der Waals surface area contributed by atoms with Crippen LogP contribution in [-0.2, 0) is 11.2 Å². The lowest BCUT2D eigenvalue weighted by Gasteiger charge is -2.27. The number of aliphatic hydroxyl groups is 1. The lowest BCUT2D eigenvalue weighted by molar-refractivity contribution is -0.138. The number of likely N-dealkylation sites (N-methyl/N-ethyl adjacent to an activating group) is 1. The molecule has 0 bridgehead atoms. The Bertz CT molecular complexity index is 503. The van der Waals surface area contributed by atoms with Gasteiger partial charge in [0.2, 0.25) is 0 Å². The smallest absolute Gasteiger partial charge is 0.327 e. The molecule has 0 fully saturated rings. The van der Waals surface area contributed by atoms with Crippen molar-refractivity contribution in [1.29, 1.82) is 0 Å². The SMILES string of the molecule is CN(CCO)C(=O)N1c2ccccc2C[C@H]1C(=O)O. The van der Waals surface area contributed by atoms with E-state index in [-0.39, 0.29) is 13.2 Å². The molecule has 1 atom stereocenters. The van der Waals surface area contributed by atoms with Crippen molar-refractivity contribution in [3.8, 4) is 0 Å². The molecular weight excluding hydrogens is 248 g/mol. The van der Waals surface area contributed by atoms with Gasteiger partial charge >= 0.3 is 12.0 Å². The number of benzene rings is 1. The minimum Gasteiger partial charge on any atom is -0.480 e. The molecule has 2 rings (SSSR count). The Hall–Kier alpha value is -2.08. The maximum Gasteiger partial charge on any atom is 0.327 e. The maximum absolute atomic E-state index is 12.3. The third-order valence-corrected chi connectivity index (χ3v) is 3.23. The van der Waals surface area contributed by atoms with Crippen molar-refractivity contribution in [2.75, 3.05) is 25.1 Å². The van der Waals surface area contributed by atoms with Crippen LogP contribution >= 0.6 is 0 Å². The van der Waals surface area contributed by atoms with E-state index in [1.165, 1.54) is 9.80 Å². The number of hydrogen-bond acceptors (Lipinski definition) is 3. The first kappa shape index (κ1) is 13.4. The van der Waals surface area contributed by atoms with E-state index in [4.69, 9.17) is 5.11 Å². The largest absolute Gasteiger partial charge is 0.480 e. The van der Waals surface area contributed by atoms with Crippen LogP contribution in [0.2, 0.25) is 0 Å². The van der Waals surface area contributed by atoms with Gasteiger partial charge in [-0.3, -0.25) is 4.90 Å². The van der Waals surface area contributed by atoms with Crippen molar-refractivity contribution in [3.05, 3.63) is 29.8 Å². The topological polar surface area (TPSA) is 81.1 Å². The number of carbonyl (C=O) groups is 2. The third-order valence-electron chi connectivity index (χ3n) is 3.23. The number of hydrogen-bond donors (Lipinski definition) is 2. The van der Waals surface area contributed by atoms with Crippen LogP contribution in [0.4, 0.5) is 10.5 Å². The van der Waals surface area contributed by atoms with Gasteiger partial charge in [-0.25, -0.2) is 9.59 Å². The summed E-state index contributed by atoms with van der Waals surface area (Å²) in [6, 6.07) is 5.86. The molecule has 0 spiro atoms. The number of para-hydroxylation sites is 1. The third kappa shape index (κ3) is 2.39. The molecule has 0 saturated heterocycles. The highest BCUT2D eigenvalue weighted by atomic mass is 16.4. The normalized spacial score (nSPS) is 17.2. The highest BCUT2D eigenvalue weighted by molar-refractivity contribution is 6.00. The van der Waals surface area contributed by atoms with E-state index < -0.39 is 18.0 Å². The van der Waals surface area contributed by atoms with Crippen molar-refractivity contribution in [3.63, 3.8) is 0 Å². The lowest BCUT2D eigenvalue weighted by atomic mass is 10.1. The van der Waals surface area contributed by atoms with Gasteiger partial charge in [0.25, 0.3) is 0 Å². The predicted molar refractivity (Wildman–Crippen MR) is 69.2 cm³/mol. The molecule has 0 unspecified atom stereocenters. The summed E-state index contributed by atoms with van der Waals surface area (Å²) in [5.41, 5.74) is 1.48. The van der Waals surface area contributed by atoms with E-state index in [0.717, 1.165) is 5.56 Å². The number of nitrogens with zero attached hydrogens (tertiary/aromatic N) is 2. The minimum absolute atomic E-state index is 0.157. The maximum atomic E-state index is 12.3. The van der Waals surface area contributed by atoms with Crippen LogP contribution in [-0.4, -0.2) is 53.4 Å². The molecule has 1 aliphatic heterocycles. The number of aliphatic carboxylic acids is 1. The van der Waals surface area contributed by atoms with Gasteiger partial charge in [0.1, 0.15) is 6.04 Å².